The van der Waals surface area contributed by atoms with E-state index >= 15 is 0 Å². The van der Waals surface area contributed by atoms with Gasteiger partial charge in [0.05, 0.1) is 0 Å². The number of rotatable bonds is 6. The predicted octanol–water partition coefficient (Wildman–Crippen LogP) is 2.74. The molecule has 2 aliphatic rings. The van der Waals surface area contributed by atoms with E-state index in [0.29, 0.717) is 0 Å². The van der Waals surface area contributed by atoms with Gasteiger partial charge in [-0.05, 0) is 37.0 Å². The lowest BCUT2D eigenvalue weighted by Gasteiger charge is -2.31. The summed E-state index contributed by atoms with van der Waals surface area (Å²) in [7, 11) is 0. The molecule has 2 aliphatic heterocycles. The molecule has 1 N–H and O–H groups in total. The molecule has 2 heteroatoms. The molecular formula is C15H30N2. The van der Waals surface area contributed by atoms with Crippen LogP contribution in [0.4, 0.5) is 0 Å². The minimum atomic E-state index is 0.792. The lowest BCUT2D eigenvalue weighted by atomic mass is 9.88. The second-order valence-corrected chi connectivity index (χ2v) is 7.05. The van der Waals surface area contributed by atoms with E-state index in [1.54, 1.807) is 0 Å². The van der Waals surface area contributed by atoms with Crippen LogP contribution >= 0.6 is 0 Å². The highest BCUT2D eigenvalue weighted by Gasteiger charge is 2.39. The first-order chi connectivity index (χ1) is 8.04. The van der Waals surface area contributed by atoms with Gasteiger partial charge in [0, 0.05) is 31.7 Å². The molecule has 0 aromatic heterocycles. The van der Waals surface area contributed by atoms with Crippen LogP contribution in [0.25, 0.3) is 0 Å². The second-order valence-electron chi connectivity index (χ2n) is 7.05. The van der Waals surface area contributed by atoms with Crippen molar-refractivity contribution in [1.82, 2.24) is 10.2 Å². The quantitative estimate of drug-likeness (QED) is 0.765. The molecule has 100 valence electrons. The van der Waals surface area contributed by atoms with Crippen molar-refractivity contribution in [1.29, 1.82) is 0 Å². The summed E-state index contributed by atoms with van der Waals surface area (Å²) in [6.07, 6.45) is 4.28. The highest BCUT2D eigenvalue weighted by atomic mass is 15.1. The van der Waals surface area contributed by atoms with Crippen molar-refractivity contribution in [2.45, 2.75) is 59.0 Å². The van der Waals surface area contributed by atoms with Crippen molar-refractivity contribution < 1.29 is 0 Å². The Morgan fingerprint density at radius 2 is 1.71 bits per heavy atom. The first-order valence-corrected chi connectivity index (χ1v) is 7.53. The predicted molar refractivity (Wildman–Crippen MR) is 74.2 cm³/mol. The Kier molecular flexibility index (Phi) is 4.48. The number of nitrogens with zero attached hydrogens (tertiary/aromatic N) is 1. The van der Waals surface area contributed by atoms with Gasteiger partial charge in [0.15, 0.2) is 0 Å². The lowest BCUT2D eigenvalue weighted by Crippen LogP contribution is -2.39. The Morgan fingerprint density at radius 3 is 2.12 bits per heavy atom. The first-order valence-electron chi connectivity index (χ1n) is 7.53. The molecule has 2 bridgehead atoms. The molecule has 0 aromatic carbocycles. The van der Waals surface area contributed by atoms with Gasteiger partial charge in [0.25, 0.3) is 0 Å². The molecule has 2 rings (SSSR count). The third-order valence-corrected chi connectivity index (χ3v) is 4.17. The highest BCUT2D eigenvalue weighted by molar-refractivity contribution is 4.98. The topological polar surface area (TPSA) is 15.3 Å². The Morgan fingerprint density at radius 1 is 1.06 bits per heavy atom. The molecule has 2 heterocycles. The largest absolute Gasteiger partial charge is 0.311 e. The van der Waals surface area contributed by atoms with Gasteiger partial charge >= 0.3 is 0 Å². The van der Waals surface area contributed by atoms with E-state index in [9.17, 15) is 0 Å². The number of hydrogen-bond donors (Lipinski definition) is 1. The van der Waals surface area contributed by atoms with E-state index in [1.807, 2.05) is 0 Å². The van der Waals surface area contributed by atoms with E-state index in [-0.39, 0.29) is 0 Å². The van der Waals surface area contributed by atoms with Gasteiger partial charge in [0.2, 0.25) is 0 Å². The fourth-order valence-electron chi connectivity index (χ4n) is 3.73. The Balaban J connectivity index is 1.83. The molecule has 0 aromatic rings. The first kappa shape index (κ1) is 13.4. The molecule has 3 unspecified atom stereocenters. The molecule has 0 spiro atoms. The van der Waals surface area contributed by atoms with E-state index < -0.39 is 0 Å². The van der Waals surface area contributed by atoms with Crippen molar-refractivity contribution >= 4 is 0 Å². The monoisotopic (exact) mass is 238 g/mol. The molecule has 2 saturated heterocycles. The maximum Gasteiger partial charge on any atom is 0.0111 e. The zero-order valence-electron chi connectivity index (χ0n) is 12.1. The smallest absolute Gasteiger partial charge is 0.0111 e. The fourth-order valence-corrected chi connectivity index (χ4v) is 3.73. The van der Waals surface area contributed by atoms with Gasteiger partial charge < -0.3 is 10.2 Å². The minimum absolute atomic E-state index is 0.792. The third kappa shape index (κ3) is 3.69. The number of hydrogen-bond acceptors (Lipinski definition) is 2. The van der Waals surface area contributed by atoms with E-state index in [2.05, 4.69) is 37.9 Å². The maximum absolute atomic E-state index is 3.76. The van der Waals surface area contributed by atoms with Crippen LogP contribution in [-0.2, 0) is 0 Å². The van der Waals surface area contributed by atoms with Crippen molar-refractivity contribution in [3.05, 3.63) is 0 Å². The number of nitrogens with one attached hydrogen (secondary N) is 1. The van der Waals surface area contributed by atoms with E-state index in [4.69, 9.17) is 0 Å². The molecule has 0 aliphatic carbocycles. The zero-order valence-corrected chi connectivity index (χ0v) is 12.1. The lowest BCUT2D eigenvalue weighted by molar-refractivity contribution is 0.175. The van der Waals surface area contributed by atoms with Crippen molar-refractivity contribution in [3.8, 4) is 0 Å². The van der Waals surface area contributed by atoms with Crippen molar-refractivity contribution in [2.24, 2.45) is 17.8 Å². The second kappa shape index (κ2) is 5.71. The van der Waals surface area contributed by atoms with Crippen LogP contribution in [0.15, 0.2) is 0 Å². The van der Waals surface area contributed by atoms with Gasteiger partial charge in [-0.2, -0.15) is 0 Å². The van der Waals surface area contributed by atoms with Crippen molar-refractivity contribution in [3.63, 3.8) is 0 Å². The van der Waals surface area contributed by atoms with Crippen LogP contribution in [0, 0.1) is 17.8 Å². The van der Waals surface area contributed by atoms with Gasteiger partial charge in [-0.15, -0.1) is 0 Å². The molecule has 17 heavy (non-hydrogen) atoms. The summed E-state index contributed by atoms with van der Waals surface area (Å²) in [5, 5.41) is 3.76. The standard InChI is InChI=1S/C15H30N2/c1-11(2)8-17(9-12(3)4)10-13-7-14-5-6-15(13)16-14/h11-16H,5-10H2,1-4H3. The van der Waals surface area contributed by atoms with E-state index in [0.717, 1.165) is 29.8 Å². The Hall–Kier alpha value is -0.0800. The number of fused-ring (bicyclic) bond motifs is 2. The zero-order chi connectivity index (χ0) is 12.4. The van der Waals surface area contributed by atoms with Gasteiger partial charge in [-0.1, -0.05) is 27.7 Å². The average molecular weight is 238 g/mol. The molecule has 0 saturated carbocycles. The third-order valence-electron chi connectivity index (χ3n) is 4.17. The van der Waals surface area contributed by atoms with Gasteiger partial charge in [0.1, 0.15) is 0 Å². The fraction of sp³-hybridized carbons (Fsp3) is 1.00. The molecule has 2 nitrogen and oxygen atoms in total. The molecule has 0 amide bonds. The maximum atomic E-state index is 3.76. The summed E-state index contributed by atoms with van der Waals surface area (Å²) in [6.45, 7) is 13.2. The van der Waals surface area contributed by atoms with E-state index in [1.165, 1.54) is 38.9 Å². The normalized spacial score (nSPS) is 32.3. The SMILES string of the molecule is CC(C)CN(CC(C)C)CC1CC2CCC1N2. The molecule has 0 radical (unpaired) electrons. The summed E-state index contributed by atoms with van der Waals surface area (Å²) in [5.74, 6) is 2.51. The minimum Gasteiger partial charge on any atom is -0.311 e. The summed E-state index contributed by atoms with van der Waals surface area (Å²) in [6, 6.07) is 1.69. The van der Waals surface area contributed by atoms with Crippen molar-refractivity contribution in [2.75, 3.05) is 19.6 Å². The average Bonchev–Trinajstić information content (AvgIpc) is 2.76. The van der Waals surface area contributed by atoms with Crippen LogP contribution < -0.4 is 5.32 Å². The van der Waals surface area contributed by atoms with Crippen LogP contribution in [-0.4, -0.2) is 36.6 Å². The molecular weight excluding hydrogens is 208 g/mol. The van der Waals surface area contributed by atoms with Gasteiger partial charge in [-0.25, -0.2) is 0 Å². The summed E-state index contributed by atoms with van der Waals surface area (Å²) >= 11 is 0. The van der Waals surface area contributed by atoms with Crippen LogP contribution in [0.1, 0.15) is 47.0 Å². The Bertz CT molecular complexity index is 227. The molecule has 3 atom stereocenters. The van der Waals surface area contributed by atoms with Crippen LogP contribution in [0.3, 0.4) is 0 Å². The van der Waals surface area contributed by atoms with Crippen LogP contribution in [0.5, 0.6) is 0 Å². The summed E-state index contributed by atoms with van der Waals surface area (Å²) in [4.78, 5) is 2.71. The summed E-state index contributed by atoms with van der Waals surface area (Å²) in [5.41, 5.74) is 0. The highest BCUT2D eigenvalue weighted by Crippen LogP contribution is 2.33. The molecule has 2 fully saturated rings. The summed E-state index contributed by atoms with van der Waals surface area (Å²) < 4.78 is 0. The Labute approximate surface area is 107 Å². The van der Waals surface area contributed by atoms with Gasteiger partial charge in [-0.3, -0.25) is 0 Å². The van der Waals surface area contributed by atoms with Crippen LogP contribution in [0.2, 0.25) is 0 Å².